The van der Waals surface area contributed by atoms with Crippen LogP contribution in [0.1, 0.15) is 17.3 Å². The Morgan fingerprint density at radius 2 is 2.22 bits per heavy atom. The van der Waals surface area contributed by atoms with Crippen molar-refractivity contribution >= 4 is 22.9 Å². The minimum atomic E-state index is 0.0412. The maximum absolute atomic E-state index is 12.5. The highest BCUT2D eigenvalue weighted by molar-refractivity contribution is 7.08. The van der Waals surface area contributed by atoms with Crippen LogP contribution in [-0.2, 0) is 0 Å². The van der Waals surface area contributed by atoms with Gasteiger partial charge in [0, 0.05) is 5.38 Å². The fraction of sp³-hybridized carbons (Fsp3) is 0.214. The predicted octanol–water partition coefficient (Wildman–Crippen LogP) is 3.18. The zero-order valence-corrected chi connectivity index (χ0v) is 10.8. The first-order chi connectivity index (χ1) is 8.77. The lowest BCUT2D eigenvalue weighted by Crippen LogP contribution is -2.44. The van der Waals surface area contributed by atoms with E-state index >= 15 is 0 Å². The molecule has 1 aromatic heterocycles. The number of anilines is 1. The van der Waals surface area contributed by atoms with Crippen molar-refractivity contribution in [1.29, 1.82) is 0 Å². The van der Waals surface area contributed by atoms with Crippen molar-refractivity contribution in [2.45, 2.75) is 13.0 Å². The Morgan fingerprint density at radius 1 is 1.39 bits per heavy atom. The molecule has 1 aliphatic rings. The molecule has 0 fully saturated rings. The lowest BCUT2D eigenvalue weighted by Gasteiger charge is -2.34. The van der Waals surface area contributed by atoms with Crippen LogP contribution >= 0.6 is 11.3 Å². The summed E-state index contributed by atoms with van der Waals surface area (Å²) in [5, 5.41) is 3.80. The van der Waals surface area contributed by atoms with E-state index in [0.717, 1.165) is 17.0 Å². The first-order valence-electron chi connectivity index (χ1n) is 5.85. The summed E-state index contributed by atoms with van der Waals surface area (Å²) in [6, 6.07) is 9.57. The Balaban J connectivity index is 2.03. The molecule has 1 aliphatic heterocycles. The van der Waals surface area contributed by atoms with E-state index in [0.29, 0.717) is 6.61 Å². The molecule has 0 bridgehead atoms. The quantitative estimate of drug-likeness (QED) is 0.787. The number of carbonyl (C=O) groups excluding carboxylic acids is 1. The van der Waals surface area contributed by atoms with E-state index < -0.39 is 0 Å². The van der Waals surface area contributed by atoms with Gasteiger partial charge in [0.2, 0.25) is 0 Å². The molecule has 0 spiro atoms. The van der Waals surface area contributed by atoms with Gasteiger partial charge in [-0.25, -0.2) is 0 Å². The predicted molar refractivity (Wildman–Crippen MR) is 72.5 cm³/mol. The standard InChI is InChI=1S/C14H13NO2S/c1-10-8-17-13-5-3-2-4-12(13)15(10)14(16)11-6-7-18-9-11/h2-7,9-10H,8H2,1H3. The topological polar surface area (TPSA) is 29.5 Å². The van der Waals surface area contributed by atoms with Crippen molar-refractivity contribution in [3.05, 3.63) is 46.7 Å². The molecule has 0 N–H and O–H groups in total. The maximum atomic E-state index is 12.5. The number of carbonyl (C=O) groups is 1. The minimum Gasteiger partial charge on any atom is -0.489 e. The van der Waals surface area contributed by atoms with Crippen molar-refractivity contribution in [2.75, 3.05) is 11.5 Å². The van der Waals surface area contributed by atoms with Crippen LogP contribution in [0.3, 0.4) is 0 Å². The molecule has 0 radical (unpaired) electrons. The fourth-order valence-electron chi connectivity index (χ4n) is 2.14. The first-order valence-corrected chi connectivity index (χ1v) is 6.79. The average Bonchev–Trinajstić information content (AvgIpc) is 2.92. The number of rotatable bonds is 1. The van der Waals surface area contributed by atoms with Crippen LogP contribution in [0, 0.1) is 0 Å². The monoisotopic (exact) mass is 259 g/mol. The summed E-state index contributed by atoms with van der Waals surface area (Å²) in [4.78, 5) is 14.3. The smallest absolute Gasteiger partial charge is 0.259 e. The highest BCUT2D eigenvalue weighted by Gasteiger charge is 2.29. The molecule has 4 heteroatoms. The van der Waals surface area contributed by atoms with Gasteiger partial charge in [0.1, 0.15) is 12.4 Å². The fourth-order valence-corrected chi connectivity index (χ4v) is 2.77. The number of amides is 1. The van der Waals surface area contributed by atoms with E-state index in [1.54, 1.807) is 0 Å². The van der Waals surface area contributed by atoms with Crippen LogP contribution in [0.4, 0.5) is 5.69 Å². The molecule has 18 heavy (non-hydrogen) atoms. The maximum Gasteiger partial charge on any atom is 0.259 e. The average molecular weight is 259 g/mol. The number of hydrogen-bond donors (Lipinski definition) is 0. The highest BCUT2D eigenvalue weighted by atomic mass is 32.1. The van der Waals surface area contributed by atoms with Gasteiger partial charge in [-0.3, -0.25) is 9.69 Å². The van der Waals surface area contributed by atoms with E-state index in [4.69, 9.17) is 4.74 Å². The van der Waals surface area contributed by atoms with Gasteiger partial charge in [-0.2, -0.15) is 11.3 Å². The van der Waals surface area contributed by atoms with Gasteiger partial charge < -0.3 is 4.74 Å². The molecule has 1 atom stereocenters. The molecule has 3 nitrogen and oxygen atoms in total. The lowest BCUT2D eigenvalue weighted by molar-refractivity contribution is 0.0961. The van der Waals surface area contributed by atoms with E-state index in [1.165, 1.54) is 11.3 Å². The second kappa shape index (κ2) is 4.46. The number of thiophene rings is 1. The van der Waals surface area contributed by atoms with Crippen LogP contribution in [0.15, 0.2) is 41.1 Å². The number of nitrogens with zero attached hydrogens (tertiary/aromatic N) is 1. The van der Waals surface area contributed by atoms with Gasteiger partial charge >= 0.3 is 0 Å². The molecular formula is C14H13NO2S. The minimum absolute atomic E-state index is 0.0412. The molecule has 1 unspecified atom stereocenters. The van der Waals surface area contributed by atoms with Crippen molar-refractivity contribution in [2.24, 2.45) is 0 Å². The third kappa shape index (κ3) is 1.78. The van der Waals surface area contributed by atoms with Gasteiger partial charge in [-0.05, 0) is 30.5 Å². The van der Waals surface area contributed by atoms with Crippen LogP contribution in [0.5, 0.6) is 5.75 Å². The van der Waals surface area contributed by atoms with Gasteiger partial charge in [0.05, 0.1) is 17.3 Å². The van der Waals surface area contributed by atoms with Crippen LogP contribution in [0.25, 0.3) is 0 Å². The lowest BCUT2D eigenvalue weighted by atomic mass is 10.1. The SMILES string of the molecule is CC1COc2ccccc2N1C(=O)c1ccsc1. The van der Waals surface area contributed by atoms with Crippen molar-refractivity contribution < 1.29 is 9.53 Å². The molecule has 2 aromatic rings. The van der Waals surface area contributed by atoms with Gasteiger partial charge in [-0.15, -0.1) is 0 Å². The largest absolute Gasteiger partial charge is 0.489 e. The molecule has 0 saturated heterocycles. The zero-order valence-electron chi connectivity index (χ0n) is 10.00. The summed E-state index contributed by atoms with van der Waals surface area (Å²) in [6.07, 6.45) is 0. The third-order valence-electron chi connectivity index (χ3n) is 3.03. The molecule has 0 aliphatic carbocycles. The van der Waals surface area contributed by atoms with Gasteiger partial charge in [0.25, 0.3) is 5.91 Å². The molecule has 92 valence electrons. The number of benzene rings is 1. The van der Waals surface area contributed by atoms with E-state index in [9.17, 15) is 4.79 Å². The second-order valence-corrected chi connectivity index (χ2v) is 5.09. The number of para-hydroxylation sites is 2. The second-order valence-electron chi connectivity index (χ2n) is 4.31. The molecule has 1 amide bonds. The van der Waals surface area contributed by atoms with Crippen molar-refractivity contribution in [3.8, 4) is 5.75 Å². The summed E-state index contributed by atoms with van der Waals surface area (Å²) >= 11 is 1.54. The van der Waals surface area contributed by atoms with Crippen molar-refractivity contribution in [1.82, 2.24) is 0 Å². The van der Waals surface area contributed by atoms with E-state index in [1.807, 2.05) is 52.9 Å². The van der Waals surface area contributed by atoms with Gasteiger partial charge in [0.15, 0.2) is 0 Å². The van der Waals surface area contributed by atoms with Crippen LogP contribution in [-0.4, -0.2) is 18.6 Å². The molecule has 3 rings (SSSR count). The summed E-state index contributed by atoms with van der Waals surface area (Å²) in [5.74, 6) is 0.818. The Morgan fingerprint density at radius 3 is 3.00 bits per heavy atom. The highest BCUT2D eigenvalue weighted by Crippen LogP contribution is 2.34. The number of fused-ring (bicyclic) bond motifs is 1. The Kier molecular flexibility index (Phi) is 2.80. The van der Waals surface area contributed by atoms with Gasteiger partial charge in [-0.1, -0.05) is 12.1 Å². The first kappa shape index (κ1) is 11.3. The van der Waals surface area contributed by atoms with Crippen LogP contribution in [0.2, 0.25) is 0 Å². The van der Waals surface area contributed by atoms with Crippen LogP contribution < -0.4 is 9.64 Å². The number of hydrogen-bond acceptors (Lipinski definition) is 3. The molecule has 0 saturated carbocycles. The Labute approximate surface area is 110 Å². The van der Waals surface area contributed by atoms with Crippen molar-refractivity contribution in [3.63, 3.8) is 0 Å². The normalized spacial score (nSPS) is 18.1. The summed E-state index contributed by atoms with van der Waals surface area (Å²) in [7, 11) is 0. The number of ether oxygens (including phenoxy) is 1. The van der Waals surface area contributed by atoms with E-state index in [2.05, 4.69) is 0 Å². The molecule has 2 heterocycles. The Hall–Kier alpha value is -1.81. The molecular weight excluding hydrogens is 246 g/mol. The third-order valence-corrected chi connectivity index (χ3v) is 3.72. The van der Waals surface area contributed by atoms with E-state index in [-0.39, 0.29) is 11.9 Å². The Bertz CT molecular complexity index is 565. The zero-order chi connectivity index (χ0) is 12.5. The molecule has 1 aromatic carbocycles. The summed E-state index contributed by atoms with van der Waals surface area (Å²) in [6.45, 7) is 2.53. The summed E-state index contributed by atoms with van der Waals surface area (Å²) < 4.78 is 5.64. The summed E-state index contributed by atoms with van der Waals surface area (Å²) in [5.41, 5.74) is 1.59.